The Morgan fingerprint density at radius 2 is 1.53 bits per heavy atom. The maximum Gasteiger partial charge on any atom is 0.142 e. The van der Waals surface area contributed by atoms with Gasteiger partial charge in [-0.1, -0.05) is 40.9 Å². The zero-order chi connectivity index (χ0) is 14.2. The third-order valence-corrected chi connectivity index (χ3v) is 3.52. The molecule has 2 N–H and O–H groups in total. The Morgan fingerprint density at radius 1 is 0.842 bits per heavy atom. The Bertz CT molecular complexity index is 632. The van der Waals surface area contributed by atoms with Crippen molar-refractivity contribution in [2.75, 3.05) is 0 Å². The van der Waals surface area contributed by atoms with E-state index < -0.39 is 17.7 Å². The molecule has 0 aliphatic carbocycles. The van der Waals surface area contributed by atoms with Gasteiger partial charge < -0.3 is 5.73 Å². The lowest BCUT2D eigenvalue weighted by Crippen LogP contribution is -2.14. The molecule has 1 atom stereocenters. The van der Waals surface area contributed by atoms with Gasteiger partial charge in [-0.25, -0.2) is 8.78 Å². The van der Waals surface area contributed by atoms with Crippen molar-refractivity contribution < 1.29 is 8.78 Å². The van der Waals surface area contributed by atoms with E-state index in [2.05, 4.69) is 0 Å². The van der Waals surface area contributed by atoms with Crippen molar-refractivity contribution in [1.29, 1.82) is 0 Å². The number of halogens is 5. The van der Waals surface area contributed by atoms with Gasteiger partial charge >= 0.3 is 0 Å². The SMILES string of the molecule is NC(c1cc(F)c(Cl)cc1F)c1ccc(Cl)cc1Cl. The van der Waals surface area contributed by atoms with Crippen LogP contribution in [0.15, 0.2) is 30.3 Å². The second-order valence-electron chi connectivity index (χ2n) is 3.93. The molecule has 2 aromatic carbocycles. The van der Waals surface area contributed by atoms with Crippen LogP contribution in [-0.4, -0.2) is 0 Å². The predicted molar refractivity (Wildman–Crippen MR) is 73.9 cm³/mol. The lowest BCUT2D eigenvalue weighted by molar-refractivity contribution is 0.577. The molecule has 0 aromatic heterocycles. The molecule has 1 nitrogen and oxygen atoms in total. The molecule has 0 aliphatic rings. The van der Waals surface area contributed by atoms with Crippen LogP contribution >= 0.6 is 34.8 Å². The van der Waals surface area contributed by atoms with Crippen LogP contribution in [0.5, 0.6) is 0 Å². The Morgan fingerprint density at radius 3 is 2.16 bits per heavy atom. The van der Waals surface area contributed by atoms with Crippen LogP contribution in [0.25, 0.3) is 0 Å². The van der Waals surface area contributed by atoms with E-state index >= 15 is 0 Å². The van der Waals surface area contributed by atoms with Crippen LogP contribution in [0.3, 0.4) is 0 Å². The summed E-state index contributed by atoms with van der Waals surface area (Å²) in [5.74, 6) is -1.43. The molecule has 2 rings (SSSR count). The summed E-state index contributed by atoms with van der Waals surface area (Å²) in [5.41, 5.74) is 6.34. The minimum atomic E-state index is -0.906. The zero-order valence-corrected chi connectivity index (χ0v) is 11.7. The molecule has 0 fully saturated rings. The molecule has 100 valence electrons. The largest absolute Gasteiger partial charge is 0.320 e. The van der Waals surface area contributed by atoms with Crippen LogP contribution in [0.2, 0.25) is 15.1 Å². The van der Waals surface area contributed by atoms with Gasteiger partial charge in [0.1, 0.15) is 11.6 Å². The number of nitrogens with two attached hydrogens (primary N) is 1. The first-order valence-electron chi connectivity index (χ1n) is 5.25. The fourth-order valence-corrected chi connectivity index (χ4v) is 2.37. The predicted octanol–water partition coefficient (Wildman–Crippen LogP) is 4.97. The van der Waals surface area contributed by atoms with E-state index in [0.717, 1.165) is 12.1 Å². The number of hydrogen-bond donors (Lipinski definition) is 1. The van der Waals surface area contributed by atoms with Gasteiger partial charge in [-0.05, 0) is 29.8 Å². The van der Waals surface area contributed by atoms with Crippen molar-refractivity contribution >= 4 is 34.8 Å². The minimum absolute atomic E-state index is 0.0221. The van der Waals surface area contributed by atoms with Gasteiger partial charge in [0.05, 0.1) is 11.1 Å². The van der Waals surface area contributed by atoms with Gasteiger partial charge in [0.25, 0.3) is 0 Å². The standard InChI is InChI=1S/C13H8Cl3F2N/c14-6-1-2-7(9(15)3-6)13(19)8-4-12(18)10(16)5-11(8)17/h1-5,13H,19H2. The minimum Gasteiger partial charge on any atom is -0.320 e. The molecule has 0 spiro atoms. The monoisotopic (exact) mass is 321 g/mol. The molecule has 0 bridgehead atoms. The van der Waals surface area contributed by atoms with Crippen molar-refractivity contribution in [2.24, 2.45) is 5.73 Å². The number of hydrogen-bond acceptors (Lipinski definition) is 1. The van der Waals surface area contributed by atoms with Crippen LogP contribution in [0, 0.1) is 11.6 Å². The highest BCUT2D eigenvalue weighted by atomic mass is 35.5. The average molecular weight is 323 g/mol. The Labute approximate surface area is 123 Å². The molecule has 2 aromatic rings. The van der Waals surface area contributed by atoms with Crippen molar-refractivity contribution in [3.63, 3.8) is 0 Å². The van der Waals surface area contributed by atoms with Crippen molar-refractivity contribution in [3.8, 4) is 0 Å². The lowest BCUT2D eigenvalue weighted by Gasteiger charge is -2.15. The third-order valence-electron chi connectivity index (χ3n) is 2.67. The third kappa shape index (κ3) is 3.00. The molecular formula is C13H8Cl3F2N. The summed E-state index contributed by atoms with van der Waals surface area (Å²) in [6, 6.07) is 5.58. The first-order valence-corrected chi connectivity index (χ1v) is 6.38. The number of rotatable bonds is 2. The van der Waals surface area contributed by atoms with E-state index in [0.29, 0.717) is 10.6 Å². The highest BCUT2D eigenvalue weighted by Gasteiger charge is 2.18. The quantitative estimate of drug-likeness (QED) is 0.776. The van der Waals surface area contributed by atoms with Crippen molar-refractivity contribution in [1.82, 2.24) is 0 Å². The Balaban J connectivity index is 2.49. The van der Waals surface area contributed by atoms with E-state index in [4.69, 9.17) is 40.5 Å². The molecule has 1 unspecified atom stereocenters. The topological polar surface area (TPSA) is 26.0 Å². The first-order chi connectivity index (χ1) is 8.90. The van der Waals surface area contributed by atoms with Crippen molar-refractivity contribution in [2.45, 2.75) is 6.04 Å². The van der Waals surface area contributed by atoms with Crippen LogP contribution in [0.4, 0.5) is 8.78 Å². The average Bonchev–Trinajstić information content (AvgIpc) is 2.33. The molecule has 0 saturated carbocycles. The molecule has 0 radical (unpaired) electrons. The van der Waals surface area contributed by atoms with Crippen LogP contribution in [-0.2, 0) is 0 Å². The van der Waals surface area contributed by atoms with Gasteiger partial charge in [0, 0.05) is 15.6 Å². The summed E-state index contributed by atoms with van der Waals surface area (Å²) in [6.07, 6.45) is 0. The maximum absolute atomic E-state index is 13.8. The maximum atomic E-state index is 13.8. The summed E-state index contributed by atoms with van der Waals surface area (Å²) in [6.45, 7) is 0. The lowest BCUT2D eigenvalue weighted by atomic mass is 9.99. The summed E-state index contributed by atoms with van der Waals surface area (Å²) in [7, 11) is 0. The fourth-order valence-electron chi connectivity index (χ4n) is 1.70. The molecule has 19 heavy (non-hydrogen) atoms. The van der Waals surface area contributed by atoms with Crippen LogP contribution in [0.1, 0.15) is 17.2 Å². The molecule has 0 saturated heterocycles. The summed E-state index contributed by atoms with van der Waals surface area (Å²) >= 11 is 17.2. The zero-order valence-electron chi connectivity index (χ0n) is 9.43. The van der Waals surface area contributed by atoms with Crippen molar-refractivity contribution in [3.05, 3.63) is 68.2 Å². The molecule has 6 heteroatoms. The molecule has 0 amide bonds. The normalized spacial score (nSPS) is 12.5. The van der Waals surface area contributed by atoms with E-state index in [-0.39, 0.29) is 15.6 Å². The summed E-state index contributed by atoms with van der Waals surface area (Å²) in [5, 5.41) is 0.425. The Hall–Kier alpha value is -0.870. The van der Waals surface area contributed by atoms with E-state index in [1.807, 2.05) is 0 Å². The summed E-state index contributed by atoms with van der Waals surface area (Å²) in [4.78, 5) is 0. The second kappa shape index (κ2) is 5.63. The van der Waals surface area contributed by atoms with E-state index in [1.54, 1.807) is 12.1 Å². The smallest absolute Gasteiger partial charge is 0.142 e. The molecule has 0 aliphatic heterocycles. The second-order valence-corrected chi connectivity index (χ2v) is 5.18. The van der Waals surface area contributed by atoms with Gasteiger partial charge in [-0.2, -0.15) is 0 Å². The summed E-state index contributed by atoms with van der Waals surface area (Å²) < 4.78 is 27.2. The van der Waals surface area contributed by atoms with Gasteiger partial charge in [-0.15, -0.1) is 0 Å². The van der Waals surface area contributed by atoms with Crippen LogP contribution < -0.4 is 5.73 Å². The van der Waals surface area contributed by atoms with Gasteiger partial charge in [0.15, 0.2) is 0 Å². The van der Waals surface area contributed by atoms with Gasteiger partial charge in [-0.3, -0.25) is 0 Å². The molecular weight excluding hydrogens is 315 g/mol. The van der Waals surface area contributed by atoms with Gasteiger partial charge in [0.2, 0.25) is 0 Å². The van der Waals surface area contributed by atoms with E-state index in [9.17, 15) is 8.78 Å². The first kappa shape index (κ1) is 14.5. The number of benzene rings is 2. The Kier molecular flexibility index (Phi) is 4.31. The fraction of sp³-hybridized carbons (Fsp3) is 0.0769. The molecule has 0 heterocycles. The highest BCUT2D eigenvalue weighted by Crippen LogP contribution is 2.31. The highest BCUT2D eigenvalue weighted by molar-refractivity contribution is 6.35. The van der Waals surface area contributed by atoms with E-state index in [1.165, 1.54) is 6.07 Å².